The quantitative estimate of drug-likeness (QED) is 0.731. The molecular weight excluding hydrogens is 210 g/mol. The molecule has 1 aliphatic carbocycles. The Labute approximate surface area is 102 Å². The lowest BCUT2D eigenvalue weighted by molar-refractivity contribution is -0.462. The van der Waals surface area contributed by atoms with Gasteiger partial charge < -0.3 is 5.11 Å². The van der Waals surface area contributed by atoms with E-state index in [1.165, 1.54) is 5.71 Å². The molecule has 2 heteroatoms. The number of aromatic hydroxyl groups is 1. The summed E-state index contributed by atoms with van der Waals surface area (Å²) < 4.78 is 2.07. The van der Waals surface area contributed by atoms with E-state index in [0.717, 1.165) is 11.1 Å². The molecule has 0 saturated heterocycles. The van der Waals surface area contributed by atoms with Crippen molar-refractivity contribution in [1.29, 1.82) is 0 Å². The van der Waals surface area contributed by atoms with E-state index >= 15 is 0 Å². The summed E-state index contributed by atoms with van der Waals surface area (Å²) in [7, 11) is 4.05. The molecule has 2 nitrogen and oxygen atoms in total. The van der Waals surface area contributed by atoms with E-state index in [4.69, 9.17) is 0 Å². The van der Waals surface area contributed by atoms with Crippen LogP contribution < -0.4 is 0 Å². The van der Waals surface area contributed by atoms with E-state index in [9.17, 15) is 5.11 Å². The molecule has 0 heterocycles. The lowest BCUT2D eigenvalue weighted by Crippen LogP contribution is -2.09. The van der Waals surface area contributed by atoms with Crippen LogP contribution in [0.1, 0.15) is 5.56 Å². The van der Waals surface area contributed by atoms with Crippen molar-refractivity contribution >= 4 is 11.8 Å². The van der Waals surface area contributed by atoms with Gasteiger partial charge in [-0.1, -0.05) is 12.1 Å². The second-order valence-corrected chi connectivity index (χ2v) is 4.22. The fourth-order valence-corrected chi connectivity index (χ4v) is 1.63. The molecule has 2 rings (SSSR count). The Bertz CT molecular complexity index is 509. The first-order valence-corrected chi connectivity index (χ1v) is 5.56. The minimum absolute atomic E-state index is 0.296. The van der Waals surface area contributed by atoms with Crippen molar-refractivity contribution in [2.75, 3.05) is 14.1 Å². The number of hydrogen-bond acceptors (Lipinski definition) is 1. The van der Waals surface area contributed by atoms with Crippen LogP contribution in [0, 0.1) is 0 Å². The van der Waals surface area contributed by atoms with Crippen LogP contribution in [0.2, 0.25) is 0 Å². The lowest BCUT2D eigenvalue weighted by Gasteiger charge is -2.02. The fourth-order valence-electron chi connectivity index (χ4n) is 1.63. The molecule has 86 valence electrons. The molecule has 0 bridgehead atoms. The molecule has 1 aromatic rings. The van der Waals surface area contributed by atoms with Crippen LogP contribution >= 0.6 is 0 Å². The van der Waals surface area contributed by atoms with E-state index in [0.29, 0.717) is 5.75 Å². The van der Waals surface area contributed by atoms with Crippen LogP contribution in [-0.2, 0) is 0 Å². The molecule has 0 saturated carbocycles. The molecule has 1 aromatic carbocycles. The van der Waals surface area contributed by atoms with Gasteiger partial charge in [0.15, 0.2) is 5.71 Å². The van der Waals surface area contributed by atoms with Crippen LogP contribution in [0.25, 0.3) is 6.08 Å². The number of hydrogen-bond donors (Lipinski definition) is 1. The number of benzene rings is 1. The summed E-state index contributed by atoms with van der Waals surface area (Å²) in [6, 6.07) is 7.18. The van der Waals surface area contributed by atoms with Crippen LogP contribution in [0.3, 0.4) is 0 Å². The average molecular weight is 226 g/mol. The van der Waals surface area contributed by atoms with Gasteiger partial charge in [-0.05, 0) is 41.5 Å². The minimum Gasteiger partial charge on any atom is -0.508 e. The molecule has 0 radical (unpaired) electrons. The van der Waals surface area contributed by atoms with E-state index in [1.807, 2.05) is 26.2 Å². The topological polar surface area (TPSA) is 23.2 Å². The number of rotatable bonds is 1. The van der Waals surface area contributed by atoms with Crippen molar-refractivity contribution < 1.29 is 9.68 Å². The number of allylic oxidation sites excluding steroid dienone is 5. The van der Waals surface area contributed by atoms with Gasteiger partial charge in [-0.3, -0.25) is 0 Å². The van der Waals surface area contributed by atoms with Gasteiger partial charge >= 0.3 is 0 Å². The maximum absolute atomic E-state index is 9.20. The summed E-state index contributed by atoms with van der Waals surface area (Å²) in [6.45, 7) is 0. The zero-order chi connectivity index (χ0) is 12.3. The van der Waals surface area contributed by atoms with Gasteiger partial charge in [0.05, 0.1) is 0 Å². The van der Waals surface area contributed by atoms with Crippen LogP contribution in [0.15, 0.2) is 54.1 Å². The summed E-state index contributed by atoms with van der Waals surface area (Å²) in [4.78, 5) is 0. The second kappa shape index (κ2) is 4.83. The third kappa shape index (κ3) is 2.94. The van der Waals surface area contributed by atoms with Crippen LogP contribution in [0.5, 0.6) is 5.75 Å². The molecule has 17 heavy (non-hydrogen) atoms. The van der Waals surface area contributed by atoms with Crippen molar-refractivity contribution in [2.24, 2.45) is 0 Å². The molecule has 0 aliphatic heterocycles. The largest absolute Gasteiger partial charge is 0.508 e. The number of phenols is 1. The molecular formula is C15H16NO+. The van der Waals surface area contributed by atoms with E-state index in [1.54, 1.807) is 12.1 Å². The van der Waals surface area contributed by atoms with Gasteiger partial charge in [-0.15, -0.1) is 0 Å². The minimum atomic E-state index is 0.296. The van der Waals surface area contributed by atoms with E-state index < -0.39 is 0 Å². The SMILES string of the molecule is C[N+](C)=C1C=CC(=Cc2ccc(O)cc2)C=C1. The normalized spacial score (nSPS) is 14.0. The Morgan fingerprint density at radius 2 is 1.53 bits per heavy atom. The van der Waals surface area contributed by atoms with Gasteiger partial charge in [0.2, 0.25) is 0 Å². The van der Waals surface area contributed by atoms with Crippen molar-refractivity contribution in [3.05, 3.63) is 59.7 Å². The average Bonchev–Trinajstić information content (AvgIpc) is 2.33. The van der Waals surface area contributed by atoms with Gasteiger partial charge in [0.1, 0.15) is 19.8 Å². The Hall–Kier alpha value is -2.09. The summed E-state index contributed by atoms with van der Waals surface area (Å²) in [5.41, 5.74) is 3.43. The highest BCUT2D eigenvalue weighted by Crippen LogP contribution is 2.15. The Morgan fingerprint density at radius 3 is 2.06 bits per heavy atom. The van der Waals surface area contributed by atoms with Gasteiger partial charge in [-0.25, -0.2) is 4.58 Å². The predicted molar refractivity (Wildman–Crippen MR) is 71.5 cm³/mol. The van der Waals surface area contributed by atoms with Crippen LogP contribution in [-0.4, -0.2) is 29.5 Å². The summed E-state index contributed by atoms with van der Waals surface area (Å²) >= 11 is 0. The second-order valence-electron chi connectivity index (χ2n) is 4.22. The first-order chi connectivity index (χ1) is 8.15. The maximum atomic E-state index is 9.20. The van der Waals surface area contributed by atoms with Crippen molar-refractivity contribution in [2.45, 2.75) is 0 Å². The van der Waals surface area contributed by atoms with Crippen molar-refractivity contribution in [1.82, 2.24) is 0 Å². The van der Waals surface area contributed by atoms with Gasteiger partial charge in [-0.2, -0.15) is 0 Å². The summed E-state index contributed by atoms with van der Waals surface area (Å²) in [5, 5.41) is 9.20. The van der Waals surface area contributed by atoms with Crippen molar-refractivity contribution in [3.8, 4) is 5.75 Å². The highest BCUT2D eigenvalue weighted by atomic mass is 16.3. The standard InChI is InChI=1S/C15H15NO/c1-16(2)14-7-3-12(4-8-14)11-13-5-9-15(17)10-6-13/h3-11H,1-2H3/p+1. The first-order valence-electron chi connectivity index (χ1n) is 5.56. The van der Waals surface area contributed by atoms with Crippen molar-refractivity contribution in [3.63, 3.8) is 0 Å². The highest BCUT2D eigenvalue weighted by molar-refractivity contribution is 6.02. The van der Waals surface area contributed by atoms with E-state index in [2.05, 4.69) is 35.0 Å². The Morgan fingerprint density at radius 1 is 0.941 bits per heavy atom. The summed E-state index contributed by atoms with van der Waals surface area (Å²) in [6.07, 6.45) is 10.4. The molecule has 1 aliphatic rings. The molecule has 0 fully saturated rings. The number of nitrogens with zero attached hydrogens (tertiary/aromatic N) is 1. The molecule has 0 atom stereocenters. The van der Waals surface area contributed by atoms with Gasteiger partial charge in [0.25, 0.3) is 0 Å². The molecule has 0 unspecified atom stereocenters. The third-order valence-corrected chi connectivity index (χ3v) is 2.64. The Balaban J connectivity index is 2.22. The Kier molecular flexibility index (Phi) is 3.24. The smallest absolute Gasteiger partial charge is 0.199 e. The maximum Gasteiger partial charge on any atom is 0.199 e. The molecule has 1 N–H and O–H groups in total. The highest BCUT2D eigenvalue weighted by Gasteiger charge is 2.03. The number of phenolic OH excluding ortho intramolecular Hbond substituents is 1. The predicted octanol–water partition coefficient (Wildman–Crippen LogP) is 2.61. The third-order valence-electron chi connectivity index (χ3n) is 2.64. The van der Waals surface area contributed by atoms with E-state index in [-0.39, 0.29) is 0 Å². The monoisotopic (exact) mass is 226 g/mol. The molecule has 0 spiro atoms. The first kappa shape index (κ1) is 11.4. The van der Waals surface area contributed by atoms with Crippen LogP contribution in [0.4, 0.5) is 0 Å². The summed E-state index contributed by atoms with van der Waals surface area (Å²) in [5.74, 6) is 0.296. The zero-order valence-corrected chi connectivity index (χ0v) is 10.1. The fraction of sp³-hybridized carbons (Fsp3) is 0.133. The lowest BCUT2D eigenvalue weighted by atomic mass is 10.0. The molecule has 0 aromatic heterocycles. The zero-order valence-electron chi connectivity index (χ0n) is 10.1. The molecule has 0 amide bonds. The van der Waals surface area contributed by atoms with Gasteiger partial charge in [0, 0.05) is 12.2 Å².